The van der Waals surface area contributed by atoms with E-state index in [4.69, 9.17) is 0 Å². The second-order valence-electron chi connectivity index (χ2n) is 6.09. The molecule has 1 amide bonds. The standard InChI is InChI=1S/C14H22N2O3S/c1-8(2)16(9(3)17)11(12(18)19)10-7-20-13(15-10)14(4,5)6/h7-8,11H,1-6H3,(H,18,19). The molecule has 1 aromatic heterocycles. The molecule has 1 atom stereocenters. The van der Waals surface area contributed by atoms with E-state index in [0.29, 0.717) is 5.69 Å². The SMILES string of the molecule is CC(=O)N(C(C)C)C(C(=O)O)c1csc(C(C)(C)C)n1. The van der Waals surface area contributed by atoms with Crippen LogP contribution in [0.25, 0.3) is 0 Å². The molecule has 1 rings (SSSR count). The number of aromatic nitrogens is 1. The van der Waals surface area contributed by atoms with Crippen LogP contribution in [0.1, 0.15) is 58.3 Å². The molecule has 20 heavy (non-hydrogen) atoms. The van der Waals surface area contributed by atoms with Gasteiger partial charge in [0.25, 0.3) is 0 Å². The third kappa shape index (κ3) is 3.56. The molecule has 1 heterocycles. The largest absolute Gasteiger partial charge is 0.479 e. The molecule has 0 spiro atoms. The van der Waals surface area contributed by atoms with E-state index in [1.165, 1.54) is 23.2 Å². The predicted octanol–water partition coefficient (Wildman–Crippen LogP) is 2.82. The van der Waals surface area contributed by atoms with Crippen LogP contribution in [0.4, 0.5) is 0 Å². The molecule has 1 aromatic rings. The summed E-state index contributed by atoms with van der Waals surface area (Å²) in [6.45, 7) is 11.1. The normalized spacial score (nSPS) is 13.3. The fourth-order valence-electron chi connectivity index (χ4n) is 1.99. The lowest BCUT2D eigenvalue weighted by atomic mass is 9.98. The monoisotopic (exact) mass is 298 g/mol. The maximum Gasteiger partial charge on any atom is 0.332 e. The fourth-order valence-corrected chi connectivity index (χ4v) is 2.91. The molecule has 0 fully saturated rings. The van der Waals surface area contributed by atoms with Gasteiger partial charge in [-0.3, -0.25) is 4.79 Å². The molecule has 6 heteroatoms. The van der Waals surface area contributed by atoms with Gasteiger partial charge in [-0.2, -0.15) is 0 Å². The second kappa shape index (κ2) is 5.91. The van der Waals surface area contributed by atoms with Gasteiger partial charge in [-0.05, 0) is 13.8 Å². The van der Waals surface area contributed by atoms with Crippen molar-refractivity contribution in [3.63, 3.8) is 0 Å². The zero-order valence-corrected chi connectivity index (χ0v) is 13.6. The molecule has 112 valence electrons. The highest BCUT2D eigenvalue weighted by atomic mass is 32.1. The van der Waals surface area contributed by atoms with E-state index in [0.717, 1.165) is 5.01 Å². The van der Waals surface area contributed by atoms with Crippen molar-refractivity contribution < 1.29 is 14.7 Å². The van der Waals surface area contributed by atoms with E-state index in [-0.39, 0.29) is 17.4 Å². The number of hydrogen-bond acceptors (Lipinski definition) is 4. The Morgan fingerprint density at radius 1 is 1.35 bits per heavy atom. The molecule has 0 saturated heterocycles. The van der Waals surface area contributed by atoms with Crippen molar-refractivity contribution in [3.8, 4) is 0 Å². The quantitative estimate of drug-likeness (QED) is 0.928. The summed E-state index contributed by atoms with van der Waals surface area (Å²) in [5, 5.41) is 12.1. The Bertz CT molecular complexity index is 503. The first kappa shape index (κ1) is 16.6. The number of aliphatic carboxylic acids is 1. The summed E-state index contributed by atoms with van der Waals surface area (Å²) in [5.74, 6) is -1.32. The molecular formula is C14H22N2O3S. The van der Waals surface area contributed by atoms with Crippen LogP contribution in [0.15, 0.2) is 5.38 Å². The Morgan fingerprint density at radius 2 is 1.90 bits per heavy atom. The van der Waals surface area contributed by atoms with Crippen LogP contribution in [0.3, 0.4) is 0 Å². The molecule has 0 aliphatic carbocycles. The first-order chi connectivity index (χ1) is 9.05. The van der Waals surface area contributed by atoms with Crippen molar-refractivity contribution >= 4 is 23.2 Å². The van der Waals surface area contributed by atoms with Crippen molar-refractivity contribution in [2.45, 2.75) is 59.0 Å². The van der Waals surface area contributed by atoms with E-state index < -0.39 is 12.0 Å². The molecule has 0 saturated carbocycles. The van der Waals surface area contributed by atoms with Gasteiger partial charge >= 0.3 is 5.97 Å². The zero-order chi connectivity index (χ0) is 15.7. The topological polar surface area (TPSA) is 70.5 Å². The molecule has 1 unspecified atom stereocenters. The highest BCUT2D eigenvalue weighted by molar-refractivity contribution is 7.09. The van der Waals surface area contributed by atoms with E-state index in [1.54, 1.807) is 19.2 Å². The summed E-state index contributed by atoms with van der Waals surface area (Å²) < 4.78 is 0. The molecule has 0 aliphatic rings. The minimum Gasteiger partial charge on any atom is -0.479 e. The summed E-state index contributed by atoms with van der Waals surface area (Å²) >= 11 is 1.43. The lowest BCUT2D eigenvalue weighted by Crippen LogP contribution is -2.42. The molecule has 5 nitrogen and oxygen atoms in total. The Hall–Kier alpha value is -1.43. The van der Waals surface area contributed by atoms with Crippen molar-refractivity contribution in [2.24, 2.45) is 0 Å². The van der Waals surface area contributed by atoms with Crippen LogP contribution in [-0.2, 0) is 15.0 Å². The van der Waals surface area contributed by atoms with Gasteiger partial charge in [-0.25, -0.2) is 9.78 Å². The molecular weight excluding hydrogens is 276 g/mol. The van der Waals surface area contributed by atoms with Crippen LogP contribution in [0.2, 0.25) is 0 Å². The van der Waals surface area contributed by atoms with Gasteiger partial charge in [0.05, 0.1) is 10.7 Å². The summed E-state index contributed by atoms with van der Waals surface area (Å²) in [5.41, 5.74) is 0.293. The molecule has 0 aromatic carbocycles. The van der Waals surface area contributed by atoms with Crippen LogP contribution in [0, 0.1) is 0 Å². The van der Waals surface area contributed by atoms with E-state index in [2.05, 4.69) is 4.98 Å². The van der Waals surface area contributed by atoms with Gasteiger partial charge in [0.1, 0.15) is 0 Å². The lowest BCUT2D eigenvalue weighted by Gasteiger charge is -2.30. The molecule has 0 aliphatic heterocycles. The Kier molecular flexibility index (Phi) is 4.91. The summed E-state index contributed by atoms with van der Waals surface area (Å²) in [4.78, 5) is 29.1. The first-order valence-electron chi connectivity index (χ1n) is 6.53. The van der Waals surface area contributed by atoms with E-state index >= 15 is 0 Å². The average Bonchev–Trinajstić information content (AvgIpc) is 2.71. The number of rotatable bonds is 4. The van der Waals surface area contributed by atoms with Crippen molar-refractivity contribution in [1.29, 1.82) is 0 Å². The van der Waals surface area contributed by atoms with Gasteiger partial charge in [0, 0.05) is 23.8 Å². The smallest absolute Gasteiger partial charge is 0.332 e. The van der Waals surface area contributed by atoms with Crippen molar-refractivity contribution in [2.75, 3.05) is 0 Å². The summed E-state index contributed by atoms with van der Waals surface area (Å²) in [6.07, 6.45) is 0. The second-order valence-corrected chi connectivity index (χ2v) is 6.95. The number of carboxylic acids is 1. The number of thiazole rings is 1. The summed E-state index contributed by atoms with van der Waals surface area (Å²) in [6, 6.07) is -1.23. The lowest BCUT2D eigenvalue weighted by molar-refractivity contribution is -0.151. The Balaban J connectivity index is 3.24. The number of hydrogen-bond donors (Lipinski definition) is 1. The van der Waals surface area contributed by atoms with Gasteiger partial charge in [0.2, 0.25) is 5.91 Å². The maximum atomic E-state index is 11.7. The molecule has 1 N–H and O–H groups in total. The van der Waals surface area contributed by atoms with E-state index in [9.17, 15) is 14.7 Å². The zero-order valence-electron chi connectivity index (χ0n) is 12.8. The first-order valence-corrected chi connectivity index (χ1v) is 7.41. The van der Waals surface area contributed by atoms with Crippen LogP contribution in [0.5, 0.6) is 0 Å². The third-order valence-corrected chi connectivity index (χ3v) is 4.16. The van der Waals surface area contributed by atoms with Crippen LogP contribution >= 0.6 is 11.3 Å². The Morgan fingerprint density at radius 3 is 2.20 bits per heavy atom. The highest BCUT2D eigenvalue weighted by Gasteiger charge is 2.34. The van der Waals surface area contributed by atoms with Crippen LogP contribution in [-0.4, -0.2) is 32.9 Å². The van der Waals surface area contributed by atoms with Gasteiger partial charge < -0.3 is 10.0 Å². The van der Waals surface area contributed by atoms with E-state index in [1.807, 2.05) is 20.8 Å². The number of carboxylic acid groups (broad SMARTS) is 1. The predicted molar refractivity (Wildman–Crippen MR) is 78.8 cm³/mol. The fraction of sp³-hybridized carbons (Fsp3) is 0.643. The summed E-state index contributed by atoms with van der Waals surface area (Å²) in [7, 11) is 0. The molecule has 0 radical (unpaired) electrons. The Labute approximate surface area is 123 Å². The number of amides is 1. The number of carbonyl (C=O) groups is 2. The van der Waals surface area contributed by atoms with Gasteiger partial charge in [-0.1, -0.05) is 20.8 Å². The number of nitrogens with zero attached hydrogens (tertiary/aromatic N) is 2. The average molecular weight is 298 g/mol. The third-order valence-electron chi connectivity index (χ3n) is 2.88. The minimum absolute atomic E-state index is 0.134. The van der Waals surface area contributed by atoms with Crippen molar-refractivity contribution in [3.05, 3.63) is 16.1 Å². The molecule has 0 bridgehead atoms. The van der Waals surface area contributed by atoms with Crippen molar-refractivity contribution in [1.82, 2.24) is 9.88 Å². The highest BCUT2D eigenvalue weighted by Crippen LogP contribution is 2.30. The maximum absolute atomic E-state index is 11.7. The van der Waals surface area contributed by atoms with Gasteiger partial charge in [0.15, 0.2) is 6.04 Å². The minimum atomic E-state index is -1.06. The van der Waals surface area contributed by atoms with Crippen LogP contribution < -0.4 is 0 Å². The number of carbonyl (C=O) groups excluding carboxylic acids is 1. The van der Waals surface area contributed by atoms with Gasteiger partial charge in [-0.15, -0.1) is 11.3 Å².